The molecule has 1 rings (SSSR count). The van der Waals surface area contributed by atoms with Crippen LogP contribution in [0.25, 0.3) is 0 Å². The fraction of sp³-hybridized carbons (Fsp3) is 0.125. The van der Waals surface area contributed by atoms with Crippen LogP contribution in [0, 0.1) is 5.82 Å². The number of nitrogens with zero attached hydrogens (tertiary/aromatic N) is 1. The third kappa shape index (κ3) is 2.26. The molecule has 0 bridgehead atoms. The van der Waals surface area contributed by atoms with Gasteiger partial charge in [0.25, 0.3) is 0 Å². The summed E-state index contributed by atoms with van der Waals surface area (Å²) < 4.78 is 13.9. The predicted molar refractivity (Wildman–Crippen MR) is 51.5 cm³/mol. The fourth-order valence-electron chi connectivity index (χ4n) is 0.910. The zero-order valence-corrected chi connectivity index (χ0v) is 8.47. The summed E-state index contributed by atoms with van der Waals surface area (Å²) in [6, 6.07) is 4.40. The van der Waals surface area contributed by atoms with Crippen LogP contribution in [-0.2, 0) is 0 Å². The van der Waals surface area contributed by atoms with Gasteiger partial charge in [0.2, 0.25) is 0 Å². The molecule has 3 nitrogen and oxygen atoms in total. The van der Waals surface area contributed by atoms with Gasteiger partial charge in [0.1, 0.15) is 5.82 Å². The van der Waals surface area contributed by atoms with E-state index >= 15 is 0 Å². The molecule has 0 spiro atoms. The molecule has 5 heteroatoms. The molecule has 0 fully saturated rings. The van der Waals surface area contributed by atoms with Crippen molar-refractivity contribution >= 4 is 21.8 Å². The number of rotatable bonds is 1. The maximum absolute atomic E-state index is 13.1. The lowest BCUT2D eigenvalue weighted by atomic mass is 10.2. The van der Waals surface area contributed by atoms with Gasteiger partial charge in [-0.2, -0.15) is 0 Å². The second-order valence-electron chi connectivity index (χ2n) is 2.31. The summed E-state index contributed by atoms with van der Waals surface area (Å²) in [6.45, 7) is 0. The van der Waals surface area contributed by atoms with Crippen LogP contribution in [0.3, 0.4) is 0 Å². The van der Waals surface area contributed by atoms with Crippen LogP contribution >= 0.6 is 15.9 Å². The summed E-state index contributed by atoms with van der Waals surface area (Å²) >= 11 is 3.19. The van der Waals surface area contributed by atoms with Crippen LogP contribution in [0.2, 0.25) is 0 Å². The Bertz CT molecular complexity index is 341. The van der Waals surface area contributed by atoms with E-state index in [2.05, 4.69) is 20.9 Å². The molecule has 0 heterocycles. The summed E-state index contributed by atoms with van der Waals surface area (Å²) in [5.41, 5.74) is 2.05. The van der Waals surface area contributed by atoms with E-state index in [1.165, 1.54) is 19.2 Å². The van der Waals surface area contributed by atoms with Crippen molar-refractivity contribution in [2.45, 2.75) is 0 Å². The topological polar surface area (TPSA) is 44.6 Å². The van der Waals surface area contributed by atoms with E-state index in [1.807, 2.05) is 5.48 Å². The van der Waals surface area contributed by atoms with Crippen LogP contribution in [0.15, 0.2) is 27.7 Å². The Morgan fingerprint density at radius 3 is 2.85 bits per heavy atom. The monoisotopic (exact) mass is 246 g/mol. The summed E-state index contributed by atoms with van der Waals surface area (Å²) in [5.74, 6) is -0.343. The largest absolute Gasteiger partial charge is 0.290 e. The van der Waals surface area contributed by atoms with Crippen molar-refractivity contribution in [2.75, 3.05) is 7.05 Å². The van der Waals surface area contributed by atoms with Crippen LogP contribution in [0.1, 0.15) is 5.56 Å². The van der Waals surface area contributed by atoms with Gasteiger partial charge in [-0.25, -0.2) is 4.39 Å². The average Bonchev–Trinajstić information content (AvgIpc) is 2.13. The highest BCUT2D eigenvalue weighted by molar-refractivity contribution is 9.10. The molecular formula is C8H8BrFN2O. The quantitative estimate of drug-likeness (QED) is 0.452. The number of aliphatic imine (C=N–C) groups is 1. The molecule has 0 amide bonds. The molecule has 1 aromatic rings. The highest BCUT2D eigenvalue weighted by Gasteiger charge is 2.08. The summed E-state index contributed by atoms with van der Waals surface area (Å²) in [5, 5.41) is 8.63. The Morgan fingerprint density at radius 2 is 2.31 bits per heavy atom. The first-order valence-electron chi connectivity index (χ1n) is 3.51. The van der Waals surface area contributed by atoms with E-state index in [9.17, 15) is 4.39 Å². The lowest BCUT2D eigenvalue weighted by Gasteiger charge is -2.05. The molecule has 0 aliphatic carbocycles. The van der Waals surface area contributed by atoms with Crippen LogP contribution in [0.5, 0.6) is 0 Å². The number of hydroxylamine groups is 1. The second-order valence-corrected chi connectivity index (χ2v) is 3.22. The van der Waals surface area contributed by atoms with Gasteiger partial charge in [-0.05, 0) is 18.2 Å². The van der Waals surface area contributed by atoms with Crippen LogP contribution in [-0.4, -0.2) is 18.1 Å². The molecule has 0 aliphatic rings. The average molecular weight is 247 g/mol. The highest BCUT2D eigenvalue weighted by atomic mass is 79.9. The molecule has 0 atom stereocenters. The van der Waals surface area contributed by atoms with Crippen molar-refractivity contribution in [3.05, 3.63) is 34.1 Å². The number of hydrogen-bond donors (Lipinski definition) is 2. The van der Waals surface area contributed by atoms with Gasteiger partial charge >= 0.3 is 0 Å². The van der Waals surface area contributed by atoms with Gasteiger partial charge in [-0.15, -0.1) is 0 Å². The summed E-state index contributed by atoms with van der Waals surface area (Å²) in [7, 11) is 1.46. The molecule has 0 saturated carbocycles. The van der Waals surface area contributed by atoms with Crippen molar-refractivity contribution in [3.63, 3.8) is 0 Å². The van der Waals surface area contributed by atoms with Gasteiger partial charge < -0.3 is 0 Å². The fourth-order valence-corrected chi connectivity index (χ4v) is 1.27. The van der Waals surface area contributed by atoms with E-state index in [0.29, 0.717) is 0 Å². The first-order chi connectivity index (χ1) is 6.19. The van der Waals surface area contributed by atoms with Gasteiger partial charge in [0.05, 0.1) is 5.56 Å². The highest BCUT2D eigenvalue weighted by Crippen LogP contribution is 2.15. The van der Waals surface area contributed by atoms with E-state index < -0.39 is 5.82 Å². The zero-order valence-electron chi connectivity index (χ0n) is 6.88. The predicted octanol–water partition coefficient (Wildman–Crippen LogP) is 1.94. The number of benzene rings is 1. The standard InChI is InChI=1S/C8H8BrFN2O/c1-11-8(12-13)6-4-5(9)2-3-7(6)10/h2-4,13H,1H3,(H,11,12). The maximum Gasteiger partial charge on any atom is 0.154 e. The first kappa shape index (κ1) is 10.1. The molecule has 0 radical (unpaired) electrons. The SMILES string of the molecule is CN=C(NO)c1cc(Br)ccc1F. The van der Waals surface area contributed by atoms with Gasteiger partial charge in [0.15, 0.2) is 5.84 Å². The Kier molecular flexibility index (Phi) is 3.39. The smallest absolute Gasteiger partial charge is 0.154 e. The molecular weight excluding hydrogens is 239 g/mol. The van der Waals surface area contributed by atoms with Crippen molar-refractivity contribution in [3.8, 4) is 0 Å². The Balaban J connectivity index is 3.19. The van der Waals surface area contributed by atoms with Crippen molar-refractivity contribution in [2.24, 2.45) is 4.99 Å². The normalized spacial score (nSPS) is 11.5. The molecule has 0 aliphatic heterocycles. The number of amidine groups is 1. The molecule has 1 aromatic carbocycles. The van der Waals surface area contributed by atoms with Crippen molar-refractivity contribution in [1.29, 1.82) is 0 Å². The number of halogens is 2. The minimum absolute atomic E-state index is 0.0961. The van der Waals surface area contributed by atoms with E-state index in [0.717, 1.165) is 4.47 Å². The maximum atomic E-state index is 13.1. The third-order valence-electron chi connectivity index (χ3n) is 1.51. The zero-order chi connectivity index (χ0) is 9.84. The van der Waals surface area contributed by atoms with E-state index in [4.69, 9.17) is 5.21 Å². The molecule has 2 N–H and O–H groups in total. The minimum atomic E-state index is -0.439. The van der Waals surface area contributed by atoms with Crippen molar-refractivity contribution in [1.82, 2.24) is 5.48 Å². The lowest BCUT2D eigenvalue weighted by Crippen LogP contribution is -2.21. The van der Waals surface area contributed by atoms with E-state index in [1.54, 1.807) is 6.07 Å². The van der Waals surface area contributed by atoms with Gasteiger partial charge in [0, 0.05) is 11.5 Å². The van der Waals surface area contributed by atoms with Crippen molar-refractivity contribution < 1.29 is 9.60 Å². The number of nitrogens with one attached hydrogen (secondary N) is 1. The minimum Gasteiger partial charge on any atom is -0.290 e. The third-order valence-corrected chi connectivity index (χ3v) is 2.01. The van der Waals surface area contributed by atoms with Gasteiger partial charge in [-0.1, -0.05) is 15.9 Å². The molecule has 0 unspecified atom stereocenters. The van der Waals surface area contributed by atoms with Gasteiger partial charge in [-0.3, -0.25) is 15.7 Å². The molecule has 0 saturated heterocycles. The first-order valence-corrected chi connectivity index (χ1v) is 4.30. The second kappa shape index (κ2) is 4.34. The summed E-state index contributed by atoms with van der Waals surface area (Å²) in [4.78, 5) is 3.67. The Hall–Kier alpha value is -0.940. The lowest BCUT2D eigenvalue weighted by molar-refractivity contribution is 0.234. The molecule has 0 aromatic heterocycles. The Labute approximate surface area is 83.4 Å². The summed E-state index contributed by atoms with van der Waals surface area (Å²) in [6.07, 6.45) is 0. The molecule has 13 heavy (non-hydrogen) atoms. The Morgan fingerprint density at radius 1 is 1.62 bits per heavy atom. The van der Waals surface area contributed by atoms with E-state index in [-0.39, 0.29) is 11.4 Å². The van der Waals surface area contributed by atoms with Crippen LogP contribution < -0.4 is 5.48 Å². The van der Waals surface area contributed by atoms with Crippen LogP contribution in [0.4, 0.5) is 4.39 Å². The number of hydrogen-bond acceptors (Lipinski definition) is 2. The molecule has 70 valence electrons.